The summed E-state index contributed by atoms with van der Waals surface area (Å²) < 4.78 is 24.2. The van der Waals surface area contributed by atoms with Gasteiger partial charge in [0.15, 0.2) is 17.5 Å². The predicted molar refractivity (Wildman–Crippen MR) is 111 cm³/mol. The summed E-state index contributed by atoms with van der Waals surface area (Å²) >= 11 is 0. The van der Waals surface area contributed by atoms with Gasteiger partial charge in [-0.2, -0.15) is 0 Å². The van der Waals surface area contributed by atoms with E-state index < -0.39 is 0 Å². The molecule has 1 atom stereocenters. The zero-order chi connectivity index (χ0) is 18.2. The Hall–Kier alpha value is -1.09. The quantitative estimate of drug-likeness (QED) is 0.366. The van der Waals surface area contributed by atoms with Crippen molar-refractivity contribution in [3.05, 3.63) is 29.6 Å². The van der Waals surface area contributed by atoms with Crippen LogP contribution >= 0.6 is 24.0 Å². The predicted octanol–water partition coefficient (Wildman–Crippen LogP) is 3.57. The van der Waals surface area contributed by atoms with Gasteiger partial charge in [0.1, 0.15) is 0 Å². The van der Waals surface area contributed by atoms with Gasteiger partial charge in [-0.1, -0.05) is 26.8 Å². The molecule has 5 nitrogen and oxygen atoms in total. The van der Waals surface area contributed by atoms with Gasteiger partial charge in [0.05, 0.1) is 19.8 Å². The van der Waals surface area contributed by atoms with Crippen molar-refractivity contribution in [3.63, 3.8) is 0 Å². The van der Waals surface area contributed by atoms with E-state index in [0.29, 0.717) is 19.0 Å². The number of methoxy groups -OCH3 is 2. The van der Waals surface area contributed by atoms with Gasteiger partial charge >= 0.3 is 0 Å². The average molecular weight is 467 g/mol. The summed E-state index contributed by atoms with van der Waals surface area (Å²) in [5.74, 6) is 0.538. The molecule has 7 heteroatoms. The maximum atomic E-state index is 13.7. The number of halogens is 2. The minimum atomic E-state index is -0.379. The number of nitrogens with one attached hydrogen (secondary N) is 2. The molecule has 0 saturated carbocycles. The van der Waals surface area contributed by atoms with Crippen molar-refractivity contribution in [3.8, 4) is 5.75 Å². The first-order valence-corrected chi connectivity index (χ1v) is 8.19. The lowest BCUT2D eigenvalue weighted by Gasteiger charge is -2.30. The third-order valence-corrected chi connectivity index (χ3v) is 3.69. The Kier molecular flexibility index (Phi) is 11.0. The van der Waals surface area contributed by atoms with Crippen molar-refractivity contribution in [2.75, 3.05) is 27.3 Å². The second kappa shape index (κ2) is 11.5. The molecule has 2 N–H and O–H groups in total. The average Bonchev–Trinajstić information content (AvgIpc) is 2.51. The molecule has 25 heavy (non-hydrogen) atoms. The molecule has 0 saturated heterocycles. The van der Waals surface area contributed by atoms with Gasteiger partial charge in [0.25, 0.3) is 0 Å². The van der Waals surface area contributed by atoms with Crippen LogP contribution in [0.15, 0.2) is 23.2 Å². The highest BCUT2D eigenvalue weighted by atomic mass is 127. The van der Waals surface area contributed by atoms with Crippen LogP contribution in [-0.2, 0) is 11.3 Å². The Labute approximate surface area is 167 Å². The Bertz CT molecular complexity index is 548. The minimum absolute atomic E-state index is 0. The van der Waals surface area contributed by atoms with Gasteiger partial charge < -0.3 is 20.1 Å². The van der Waals surface area contributed by atoms with E-state index >= 15 is 0 Å². The van der Waals surface area contributed by atoms with E-state index in [-0.39, 0.29) is 47.1 Å². The molecule has 0 heterocycles. The van der Waals surface area contributed by atoms with Crippen molar-refractivity contribution < 1.29 is 13.9 Å². The molecule has 0 aliphatic heterocycles. The Morgan fingerprint density at radius 2 is 1.92 bits per heavy atom. The monoisotopic (exact) mass is 467 g/mol. The van der Waals surface area contributed by atoms with Crippen LogP contribution in [0.3, 0.4) is 0 Å². The minimum Gasteiger partial charge on any atom is -0.494 e. The molecular formula is C18H31FIN3O2. The molecule has 0 bridgehead atoms. The highest BCUT2D eigenvalue weighted by Gasteiger charge is 2.24. The Morgan fingerprint density at radius 3 is 2.40 bits per heavy atom. The normalized spacial score (nSPS) is 13.0. The van der Waals surface area contributed by atoms with Gasteiger partial charge in [0, 0.05) is 20.2 Å². The van der Waals surface area contributed by atoms with Crippen LogP contribution in [-0.4, -0.2) is 39.4 Å². The van der Waals surface area contributed by atoms with Gasteiger partial charge in [0.2, 0.25) is 0 Å². The van der Waals surface area contributed by atoms with Crippen molar-refractivity contribution in [1.29, 1.82) is 0 Å². The molecule has 0 radical (unpaired) electrons. The Morgan fingerprint density at radius 1 is 1.24 bits per heavy atom. The van der Waals surface area contributed by atoms with E-state index in [1.165, 1.54) is 13.2 Å². The molecule has 0 aromatic heterocycles. The number of aliphatic imine (C=N–C) groups is 1. The topological polar surface area (TPSA) is 54.9 Å². The zero-order valence-corrected chi connectivity index (χ0v) is 18.3. The molecule has 0 spiro atoms. The van der Waals surface area contributed by atoms with Crippen LogP contribution in [0.4, 0.5) is 4.39 Å². The third kappa shape index (κ3) is 8.22. The van der Waals surface area contributed by atoms with E-state index in [1.54, 1.807) is 13.2 Å². The summed E-state index contributed by atoms with van der Waals surface area (Å²) in [5.41, 5.74) is 0.808. The van der Waals surface area contributed by atoms with E-state index in [4.69, 9.17) is 9.47 Å². The van der Waals surface area contributed by atoms with Gasteiger partial charge in [-0.3, -0.25) is 0 Å². The largest absolute Gasteiger partial charge is 0.494 e. The van der Waals surface area contributed by atoms with Crippen LogP contribution in [0, 0.1) is 11.2 Å². The van der Waals surface area contributed by atoms with Crippen molar-refractivity contribution in [1.82, 2.24) is 10.6 Å². The van der Waals surface area contributed by atoms with Gasteiger partial charge in [-0.15, -0.1) is 24.0 Å². The van der Waals surface area contributed by atoms with E-state index in [1.807, 2.05) is 13.0 Å². The van der Waals surface area contributed by atoms with Crippen molar-refractivity contribution >= 4 is 29.9 Å². The second-order valence-electron chi connectivity index (χ2n) is 6.64. The zero-order valence-electron chi connectivity index (χ0n) is 16.0. The lowest BCUT2D eigenvalue weighted by Crippen LogP contribution is -2.45. The fraction of sp³-hybridized carbons (Fsp3) is 0.611. The fourth-order valence-electron chi connectivity index (χ4n) is 2.25. The van der Waals surface area contributed by atoms with Crippen LogP contribution in [0.2, 0.25) is 0 Å². The van der Waals surface area contributed by atoms with Crippen LogP contribution in [0.5, 0.6) is 5.75 Å². The molecule has 0 aliphatic rings. The van der Waals surface area contributed by atoms with Crippen molar-refractivity contribution in [2.24, 2.45) is 10.4 Å². The number of guanidine groups is 1. The number of hydrogen-bond donors (Lipinski definition) is 2. The molecule has 1 aromatic rings. The summed E-state index contributed by atoms with van der Waals surface area (Å²) in [5, 5.41) is 6.47. The highest BCUT2D eigenvalue weighted by Crippen LogP contribution is 2.21. The lowest BCUT2D eigenvalue weighted by molar-refractivity contribution is 0.0205. The lowest BCUT2D eigenvalue weighted by atomic mass is 9.89. The van der Waals surface area contributed by atoms with Crippen molar-refractivity contribution in [2.45, 2.75) is 40.3 Å². The van der Waals surface area contributed by atoms with E-state index in [9.17, 15) is 4.39 Å². The smallest absolute Gasteiger partial charge is 0.191 e. The number of rotatable bonds is 7. The molecule has 0 amide bonds. The van der Waals surface area contributed by atoms with Crippen LogP contribution in [0.1, 0.15) is 33.3 Å². The number of ether oxygens (including phenoxy) is 2. The summed E-state index contributed by atoms with van der Waals surface area (Å²) in [7, 11) is 3.16. The molecule has 1 unspecified atom stereocenters. The molecular weight excluding hydrogens is 436 g/mol. The van der Waals surface area contributed by atoms with E-state index in [2.05, 4.69) is 36.4 Å². The summed E-state index contributed by atoms with van der Waals surface area (Å²) in [6, 6.07) is 4.86. The highest BCUT2D eigenvalue weighted by molar-refractivity contribution is 14.0. The molecule has 1 aromatic carbocycles. The van der Waals surface area contributed by atoms with Gasteiger partial charge in [-0.05, 0) is 30.0 Å². The first-order chi connectivity index (χ1) is 11.3. The molecule has 144 valence electrons. The molecule has 0 aliphatic carbocycles. The first kappa shape index (κ1) is 23.9. The summed E-state index contributed by atoms with van der Waals surface area (Å²) in [6.45, 7) is 10.2. The standard InChI is InChI=1S/C18H30FN3O2.HI/c1-7-20-17(22-12-16(24-6)18(2,3)4)21-11-13-8-9-15(23-5)14(19)10-13;/h8-10,16H,7,11-12H2,1-6H3,(H2,20,21,22);1H. The Balaban J connectivity index is 0.00000576. The van der Waals surface area contributed by atoms with Crippen LogP contribution in [0.25, 0.3) is 0 Å². The third-order valence-electron chi connectivity index (χ3n) is 3.69. The summed E-state index contributed by atoms with van der Waals surface area (Å²) in [4.78, 5) is 4.50. The maximum absolute atomic E-state index is 13.7. The van der Waals surface area contributed by atoms with E-state index in [0.717, 1.165) is 12.1 Å². The molecule has 1 rings (SSSR count). The number of hydrogen-bond acceptors (Lipinski definition) is 3. The number of benzene rings is 1. The summed E-state index contributed by atoms with van der Waals surface area (Å²) in [6.07, 6.45) is 0.0554. The number of nitrogens with zero attached hydrogens (tertiary/aromatic N) is 1. The second-order valence-corrected chi connectivity index (χ2v) is 6.64. The van der Waals surface area contributed by atoms with Gasteiger partial charge in [-0.25, -0.2) is 9.38 Å². The first-order valence-electron chi connectivity index (χ1n) is 8.19. The molecule has 0 fully saturated rings. The van der Waals surface area contributed by atoms with Crippen LogP contribution < -0.4 is 15.4 Å². The SMILES string of the molecule is CCNC(=NCc1ccc(OC)c(F)c1)NCC(OC)C(C)(C)C.I. The maximum Gasteiger partial charge on any atom is 0.191 e. The fourth-order valence-corrected chi connectivity index (χ4v) is 2.25.